The smallest absolute Gasteiger partial charge is 0.244 e. The number of amides is 1. The summed E-state index contributed by atoms with van der Waals surface area (Å²) in [5, 5.41) is 3.03. The lowest BCUT2D eigenvalue weighted by Crippen LogP contribution is -2.51. The number of benzene rings is 1. The Morgan fingerprint density at radius 2 is 2.00 bits per heavy atom. The average Bonchev–Trinajstić information content (AvgIpc) is 3.25. The Labute approximate surface area is 164 Å². The predicted molar refractivity (Wildman–Crippen MR) is 110 cm³/mol. The lowest BCUT2D eigenvalue weighted by Gasteiger charge is -2.35. The van der Waals surface area contributed by atoms with Crippen molar-refractivity contribution in [1.29, 1.82) is 0 Å². The van der Waals surface area contributed by atoms with E-state index >= 15 is 0 Å². The molecule has 0 radical (unpaired) electrons. The highest BCUT2D eigenvalue weighted by molar-refractivity contribution is 7.13. The molecule has 1 fully saturated rings. The highest BCUT2D eigenvalue weighted by atomic mass is 32.1. The van der Waals surface area contributed by atoms with Crippen molar-refractivity contribution < 1.29 is 4.79 Å². The zero-order valence-electron chi connectivity index (χ0n) is 15.6. The summed E-state index contributed by atoms with van der Waals surface area (Å²) in [6, 6.07) is 9.98. The molecule has 1 aliphatic heterocycles. The molecule has 0 atom stereocenters. The van der Waals surface area contributed by atoms with Crippen molar-refractivity contribution in [1.82, 2.24) is 14.8 Å². The molecule has 0 spiro atoms. The number of thiazole rings is 1. The standard InChI is InChI=1S/C19H26N6OS/c1-2-23(15-16-6-4-3-5-7-16)17(26)14-22-18(20)24-9-11-25(12-10-24)19-21-8-13-27-19/h3-8,13H,2,9-12,14-15H2,1H3,(H2,20,22). The molecule has 1 aromatic carbocycles. The van der Waals surface area contributed by atoms with Gasteiger partial charge >= 0.3 is 0 Å². The van der Waals surface area contributed by atoms with E-state index in [2.05, 4.69) is 14.9 Å². The number of likely N-dealkylation sites (N-methyl/N-ethyl adjacent to an activating group) is 1. The molecular formula is C19H26N6OS. The Kier molecular flexibility index (Phi) is 6.64. The van der Waals surface area contributed by atoms with Gasteiger partial charge in [-0.2, -0.15) is 0 Å². The molecule has 8 heteroatoms. The number of nitrogens with zero attached hydrogens (tertiary/aromatic N) is 5. The van der Waals surface area contributed by atoms with Gasteiger partial charge < -0.3 is 20.4 Å². The van der Waals surface area contributed by atoms with Crippen LogP contribution in [-0.4, -0.2) is 65.9 Å². The molecule has 2 heterocycles. The van der Waals surface area contributed by atoms with Crippen LogP contribution in [-0.2, 0) is 11.3 Å². The first kappa shape index (κ1) is 19.2. The third-order valence-corrected chi connectivity index (χ3v) is 5.45. The van der Waals surface area contributed by atoms with Crippen molar-refractivity contribution in [2.45, 2.75) is 13.5 Å². The second kappa shape index (κ2) is 9.36. The van der Waals surface area contributed by atoms with Gasteiger partial charge in [-0.15, -0.1) is 11.3 Å². The van der Waals surface area contributed by atoms with Gasteiger partial charge in [0.2, 0.25) is 5.91 Å². The minimum atomic E-state index is -0.00859. The van der Waals surface area contributed by atoms with Crippen LogP contribution in [0.1, 0.15) is 12.5 Å². The molecular weight excluding hydrogens is 360 g/mol. The molecule has 2 aromatic rings. The number of hydrogen-bond acceptors (Lipinski definition) is 5. The van der Waals surface area contributed by atoms with E-state index in [9.17, 15) is 4.79 Å². The summed E-state index contributed by atoms with van der Waals surface area (Å²) in [7, 11) is 0. The third-order valence-electron chi connectivity index (χ3n) is 4.62. The number of aromatic nitrogens is 1. The molecule has 3 rings (SSSR count). The molecule has 7 nitrogen and oxygen atoms in total. The minimum Gasteiger partial charge on any atom is -0.370 e. The van der Waals surface area contributed by atoms with E-state index in [0.29, 0.717) is 19.0 Å². The fourth-order valence-electron chi connectivity index (χ4n) is 3.03. The number of guanidine groups is 1. The number of hydrogen-bond donors (Lipinski definition) is 1. The van der Waals surface area contributed by atoms with Gasteiger partial charge in [0.05, 0.1) is 0 Å². The first-order valence-electron chi connectivity index (χ1n) is 9.18. The summed E-state index contributed by atoms with van der Waals surface area (Å²) in [5.41, 5.74) is 7.24. The highest BCUT2D eigenvalue weighted by Crippen LogP contribution is 2.18. The average molecular weight is 387 g/mol. The number of anilines is 1. The molecule has 27 heavy (non-hydrogen) atoms. The topological polar surface area (TPSA) is 78.1 Å². The summed E-state index contributed by atoms with van der Waals surface area (Å²) >= 11 is 1.64. The van der Waals surface area contributed by atoms with Gasteiger partial charge in [-0.05, 0) is 12.5 Å². The van der Waals surface area contributed by atoms with Gasteiger partial charge in [-0.1, -0.05) is 30.3 Å². The molecule has 144 valence electrons. The van der Waals surface area contributed by atoms with Crippen LogP contribution in [0, 0.1) is 0 Å². The molecule has 2 N–H and O–H groups in total. The maximum absolute atomic E-state index is 12.5. The number of piperazine rings is 1. The van der Waals surface area contributed by atoms with E-state index in [1.807, 2.05) is 53.7 Å². The van der Waals surface area contributed by atoms with Crippen LogP contribution in [0.2, 0.25) is 0 Å². The number of carbonyl (C=O) groups is 1. The number of aliphatic imine (C=N–C) groups is 1. The van der Waals surface area contributed by atoms with Crippen LogP contribution < -0.4 is 10.6 Å². The van der Waals surface area contributed by atoms with E-state index in [1.165, 1.54) is 0 Å². The van der Waals surface area contributed by atoms with E-state index < -0.39 is 0 Å². The summed E-state index contributed by atoms with van der Waals surface area (Å²) in [4.78, 5) is 27.3. The maximum atomic E-state index is 12.5. The van der Waals surface area contributed by atoms with Gasteiger partial charge in [-0.3, -0.25) is 4.79 Å². The van der Waals surface area contributed by atoms with Crippen LogP contribution in [0.3, 0.4) is 0 Å². The fraction of sp³-hybridized carbons (Fsp3) is 0.421. The Hall–Kier alpha value is -2.61. The Bertz CT molecular complexity index is 741. The van der Waals surface area contributed by atoms with Crippen molar-refractivity contribution >= 4 is 28.3 Å². The van der Waals surface area contributed by atoms with Gasteiger partial charge in [0, 0.05) is 50.8 Å². The van der Waals surface area contributed by atoms with Gasteiger partial charge in [-0.25, -0.2) is 9.98 Å². The summed E-state index contributed by atoms with van der Waals surface area (Å²) in [6.45, 7) is 6.58. The van der Waals surface area contributed by atoms with E-state index in [0.717, 1.165) is 36.9 Å². The summed E-state index contributed by atoms with van der Waals surface area (Å²) in [5.74, 6) is 0.434. The number of carbonyl (C=O) groups excluding carboxylic acids is 1. The maximum Gasteiger partial charge on any atom is 0.244 e. The quantitative estimate of drug-likeness (QED) is 0.603. The number of nitrogens with two attached hydrogens (primary N) is 1. The highest BCUT2D eigenvalue weighted by Gasteiger charge is 2.20. The Balaban J connectivity index is 1.50. The van der Waals surface area contributed by atoms with Crippen molar-refractivity contribution in [2.24, 2.45) is 10.7 Å². The monoisotopic (exact) mass is 386 g/mol. The van der Waals surface area contributed by atoms with Crippen molar-refractivity contribution in [3.63, 3.8) is 0 Å². The predicted octanol–water partition coefficient (Wildman–Crippen LogP) is 1.63. The lowest BCUT2D eigenvalue weighted by atomic mass is 10.2. The van der Waals surface area contributed by atoms with Crippen LogP contribution in [0.25, 0.3) is 0 Å². The van der Waals surface area contributed by atoms with E-state index in [1.54, 1.807) is 16.2 Å². The largest absolute Gasteiger partial charge is 0.370 e. The zero-order valence-corrected chi connectivity index (χ0v) is 16.4. The van der Waals surface area contributed by atoms with E-state index in [-0.39, 0.29) is 12.5 Å². The normalized spacial score (nSPS) is 15.1. The molecule has 0 bridgehead atoms. The molecule has 0 unspecified atom stereocenters. The first-order valence-corrected chi connectivity index (χ1v) is 10.1. The minimum absolute atomic E-state index is 0.00859. The third kappa shape index (κ3) is 5.19. The molecule has 0 saturated carbocycles. The summed E-state index contributed by atoms with van der Waals surface area (Å²) in [6.07, 6.45) is 1.82. The summed E-state index contributed by atoms with van der Waals surface area (Å²) < 4.78 is 0. The van der Waals surface area contributed by atoms with Gasteiger partial charge in [0.15, 0.2) is 11.1 Å². The Morgan fingerprint density at radius 3 is 2.63 bits per heavy atom. The molecule has 0 aliphatic carbocycles. The van der Waals surface area contributed by atoms with Gasteiger partial charge in [0.25, 0.3) is 0 Å². The second-order valence-corrected chi connectivity index (χ2v) is 7.23. The van der Waals surface area contributed by atoms with Crippen molar-refractivity contribution in [2.75, 3.05) is 44.2 Å². The van der Waals surface area contributed by atoms with Crippen LogP contribution >= 0.6 is 11.3 Å². The van der Waals surface area contributed by atoms with Crippen molar-refractivity contribution in [3.8, 4) is 0 Å². The molecule has 1 aliphatic rings. The molecule has 1 amide bonds. The van der Waals surface area contributed by atoms with Crippen molar-refractivity contribution in [3.05, 3.63) is 47.5 Å². The molecule has 1 saturated heterocycles. The zero-order chi connectivity index (χ0) is 19.1. The SMILES string of the molecule is CCN(Cc1ccccc1)C(=O)CN=C(N)N1CCN(c2nccs2)CC1. The lowest BCUT2D eigenvalue weighted by molar-refractivity contribution is -0.130. The first-order chi connectivity index (χ1) is 13.2. The fourth-order valence-corrected chi connectivity index (χ4v) is 3.72. The van der Waals surface area contributed by atoms with Crippen LogP contribution in [0.4, 0.5) is 5.13 Å². The Morgan fingerprint density at radius 1 is 1.26 bits per heavy atom. The van der Waals surface area contributed by atoms with Gasteiger partial charge in [0.1, 0.15) is 6.54 Å². The second-order valence-electron chi connectivity index (χ2n) is 6.36. The van der Waals surface area contributed by atoms with Crippen LogP contribution in [0.5, 0.6) is 0 Å². The number of rotatable bonds is 6. The van der Waals surface area contributed by atoms with Crippen LogP contribution in [0.15, 0.2) is 46.9 Å². The van der Waals surface area contributed by atoms with E-state index in [4.69, 9.17) is 5.73 Å². The molecule has 1 aromatic heterocycles.